The summed E-state index contributed by atoms with van der Waals surface area (Å²) in [6.07, 6.45) is 7.75. The van der Waals surface area contributed by atoms with Crippen LogP contribution in [0.3, 0.4) is 0 Å². The Balaban J connectivity index is 1.70. The number of carboxylic acid groups (broad SMARTS) is 1. The van der Waals surface area contributed by atoms with Crippen LogP contribution in [0.15, 0.2) is 10.4 Å². The Labute approximate surface area is 191 Å². The molecule has 1 aromatic heterocycles. The van der Waals surface area contributed by atoms with Crippen molar-refractivity contribution in [3.63, 3.8) is 0 Å². The van der Waals surface area contributed by atoms with Gasteiger partial charge in [-0.2, -0.15) is 0 Å². The third-order valence-electron chi connectivity index (χ3n) is 5.72. The zero-order valence-electron chi connectivity index (χ0n) is 18.4. The van der Waals surface area contributed by atoms with Gasteiger partial charge in [0.05, 0.1) is 22.2 Å². The lowest BCUT2D eigenvalue weighted by atomic mass is 9.93. The molecule has 1 saturated carbocycles. The number of rotatable bonds is 6. The molecule has 0 radical (unpaired) electrons. The van der Waals surface area contributed by atoms with Crippen LogP contribution in [0.5, 0.6) is 0 Å². The highest BCUT2D eigenvalue weighted by molar-refractivity contribution is 8.01. The maximum Gasteiger partial charge on any atom is 0.324 e. The molecule has 2 fully saturated rings. The van der Waals surface area contributed by atoms with Crippen molar-refractivity contribution in [1.82, 2.24) is 14.8 Å². The van der Waals surface area contributed by atoms with Crippen molar-refractivity contribution >= 4 is 46.1 Å². The van der Waals surface area contributed by atoms with E-state index in [4.69, 9.17) is 5.11 Å². The SMILES string of the molecule is CC(C)(C)C(=O)N1CCC(N(C(=O)Nc2ncc(SCC(=O)O)s2)C2CCCCC2)C1. The minimum atomic E-state index is -0.886. The van der Waals surface area contributed by atoms with Crippen molar-refractivity contribution in [3.8, 4) is 0 Å². The van der Waals surface area contributed by atoms with Crippen molar-refractivity contribution in [2.75, 3.05) is 24.2 Å². The number of urea groups is 1. The molecule has 1 aromatic rings. The first-order valence-corrected chi connectivity index (χ1v) is 12.6. The molecule has 1 atom stereocenters. The molecule has 172 valence electrons. The monoisotopic (exact) mass is 468 g/mol. The van der Waals surface area contributed by atoms with E-state index < -0.39 is 11.4 Å². The predicted molar refractivity (Wildman–Crippen MR) is 123 cm³/mol. The normalized spacial score (nSPS) is 20.0. The van der Waals surface area contributed by atoms with Gasteiger partial charge in [-0.15, -0.1) is 11.8 Å². The van der Waals surface area contributed by atoms with Gasteiger partial charge in [0.25, 0.3) is 0 Å². The van der Waals surface area contributed by atoms with Crippen LogP contribution < -0.4 is 5.32 Å². The number of hydrogen-bond donors (Lipinski definition) is 2. The Bertz CT molecular complexity index is 802. The summed E-state index contributed by atoms with van der Waals surface area (Å²) in [7, 11) is 0. The largest absolute Gasteiger partial charge is 0.481 e. The topological polar surface area (TPSA) is 103 Å². The average Bonchev–Trinajstić information content (AvgIpc) is 3.36. The molecular weight excluding hydrogens is 436 g/mol. The van der Waals surface area contributed by atoms with Crippen LogP contribution in [-0.2, 0) is 9.59 Å². The molecule has 2 aliphatic rings. The van der Waals surface area contributed by atoms with Crippen LogP contribution in [-0.4, -0.2) is 68.7 Å². The molecule has 8 nitrogen and oxygen atoms in total. The number of thiazole rings is 1. The molecule has 1 aliphatic carbocycles. The number of aromatic nitrogens is 1. The Morgan fingerprint density at radius 2 is 1.94 bits per heavy atom. The summed E-state index contributed by atoms with van der Waals surface area (Å²) in [5.74, 6) is -0.800. The highest BCUT2D eigenvalue weighted by Crippen LogP contribution is 2.32. The van der Waals surface area contributed by atoms with E-state index in [0.717, 1.165) is 36.3 Å². The number of thioether (sulfide) groups is 1. The van der Waals surface area contributed by atoms with E-state index in [0.29, 0.717) is 18.2 Å². The van der Waals surface area contributed by atoms with Gasteiger partial charge in [0.2, 0.25) is 5.91 Å². The van der Waals surface area contributed by atoms with Gasteiger partial charge in [-0.3, -0.25) is 14.9 Å². The number of likely N-dealkylation sites (tertiary alicyclic amines) is 1. The summed E-state index contributed by atoms with van der Waals surface area (Å²) in [4.78, 5) is 44.9. The fraction of sp³-hybridized carbons (Fsp3) is 0.714. The quantitative estimate of drug-likeness (QED) is 0.609. The molecule has 3 amide bonds. The minimum absolute atomic E-state index is 0.00443. The number of aliphatic carboxylic acids is 1. The van der Waals surface area contributed by atoms with Gasteiger partial charge in [-0.1, -0.05) is 51.4 Å². The third kappa shape index (κ3) is 6.35. The molecule has 1 aliphatic heterocycles. The summed E-state index contributed by atoms with van der Waals surface area (Å²) in [5, 5.41) is 12.2. The van der Waals surface area contributed by atoms with Gasteiger partial charge in [-0.25, -0.2) is 9.78 Å². The highest BCUT2D eigenvalue weighted by Gasteiger charge is 2.39. The van der Waals surface area contributed by atoms with E-state index in [9.17, 15) is 14.4 Å². The number of nitrogens with one attached hydrogen (secondary N) is 1. The van der Waals surface area contributed by atoms with E-state index in [1.807, 2.05) is 30.6 Å². The van der Waals surface area contributed by atoms with Crippen molar-refractivity contribution in [2.24, 2.45) is 5.41 Å². The summed E-state index contributed by atoms with van der Waals surface area (Å²) >= 11 is 2.48. The Morgan fingerprint density at radius 3 is 2.58 bits per heavy atom. The minimum Gasteiger partial charge on any atom is -0.481 e. The number of anilines is 1. The summed E-state index contributed by atoms with van der Waals surface area (Å²) in [5.41, 5.74) is -0.433. The van der Waals surface area contributed by atoms with Gasteiger partial charge >= 0.3 is 12.0 Å². The lowest BCUT2D eigenvalue weighted by Gasteiger charge is -2.38. The number of carboxylic acids is 1. The fourth-order valence-electron chi connectivity index (χ4n) is 4.29. The van der Waals surface area contributed by atoms with Crippen LogP contribution in [0.1, 0.15) is 59.3 Å². The first-order chi connectivity index (χ1) is 14.6. The van der Waals surface area contributed by atoms with Crippen LogP contribution >= 0.6 is 23.1 Å². The second kappa shape index (κ2) is 10.2. The Morgan fingerprint density at radius 1 is 1.23 bits per heavy atom. The number of nitrogens with zero attached hydrogens (tertiary/aromatic N) is 3. The maximum atomic E-state index is 13.3. The first-order valence-electron chi connectivity index (χ1n) is 10.8. The number of carbonyl (C=O) groups excluding carboxylic acids is 2. The molecule has 31 heavy (non-hydrogen) atoms. The molecule has 0 spiro atoms. The average molecular weight is 469 g/mol. The fourth-order valence-corrected chi connectivity index (χ4v) is 5.87. The predicted octanol–water partition coefficient (Wildman–Crippen LogP) is 4.13. The molecule has 3 rings (SSSR count). The van der Waals surface area contributed by atoms with Gasteiger partial charge < -0.3 is 14.9 Å². The van der Waals surface area contributed by atoms with Gasteiger partial charge in [0, 0.05) is 24.5 Å². The zero-order chi connectivity index (χ0) is 22.6. The number of carbonyl (C=O) groups is 3. The van der Waals surface area contributed by atoms with Crippen molar-refractivity contribution in [1.29, 1.82) is 0 Å². The second-order valence-electron chi connectivity index (χ2n) is 9.24. The standard InChI is InChI=1S/C21H32N4O4S2/c1-21(2,3)18(28)24-10-9-15(12-24)25(14-7-5-4-6-8-14)20(29)23-19-22-11-17(31-19)30-13-16(26)27/h11,14-15H,4-10,12-13H2,1-3H3,(H,26,27)(H,22,23,29). The second-order valence-corrected chi connectivity index (χ2v) is 11.5. The molecular formula is C21H32N4O4S2. The number of amides is 3. The van der Waals surface area contributed by atoms with Crippen LogP contribution in [0, 0.1) is 5.41 Å². The molecule has 1 saturated heterocycles. The molecule has 2 heterocycles. The molecule has 2 N–H and O–H groups in total. The first kappa shape index (κ1) is 23.8. The molecule has 0 bridgehead atoms. The van der Waals surface area contributed by atoms with E-state index in [1.54, 1.807) is 6.20 Å². The van der Waals surface area contributed by atoms with Crippen molar-refractivity contribution < 1.29 is 19.5 Å². The van der Waals surface area contributed by atoms with Gasteiger partial charge in [-0.05, 0) is 19.3 Å². The molecule has 0 aromatic carbocycles. The van der Waals surface area contributed by atoms with Crippen molar-refractivity contribution in [3.05, 3.63) is 6.20 Å². The highest BCUT2D eigenvalue weighted by atomic mass is 32.2. The van der Waals surface area contributed by atoms with Crippen molar-refractivity contribution in [2.45, 2.75) is 75.6 Å². The van der Waals surface area contributed by atoms with E-state index >= 15 is 0 Å². The lowest BCUT2D eigenvalue weighted by molar-refractivity contribution is -0.138. The summed E-state index contributed by atoms with van der Waals surface area (Å²) in [6.45, 7) is 7.02. The van der Waals surface area contributed by atoms with E-state index in [1.165, 1.54) is 29.5 Å². The van der Waals surface area contributed by atoms with Crippen LogP contribution in [0.4, 0.5) is 9.93 Å². The van der Waals surface area contributed by atoms with E-state index in [-0.39, 0.29) is 29.8 Å². The van der Waals surface area contributed by atoms with Crippen LogP contribution in [0.25, 0.3) is 0 Å². The van der Waals surface area contributed by atoms with Gasteiger partial charge in [0.15, 0.2) is 5.13 Å². The van der Waals surface area contributed by atoms with Crippen LogP contribution in [0.2, 0.25) is 0 Å². The lowest BCUT2D eigenvalue weighted by Crippen LogP contribution is -2.51. The number of hydrogen-bond acceptors (Lipinski definition) is 6. The third-order valence-corrected chi connectivity index (χ3v) is 7.82. The Hall–Kier alpha value is -1.81. The zero-order valence-corrected chi connectivity index (χ0v) is 20.1. The maximum absolute atomic E-state index is 13.3. The molecule has 10 heteroatoms. The molecule has 1 unspecified atom stereocenters. The van der Waals surface area contributed by atoms with E-state index in [2.05, 4.69) is 10.3 Å². The Kier molecular flexibility index (Phi) is 7.85. The smallest absolute Gasteiger partial charge is 0.324 e. The summed E-state index contributed by atoms with van der Waals surface area (Å²) in [6, 6.07) is -0.00873. The van der Waals surface area contributed by atoms with Gasteiger partial charge in [0.1, 0.15) is 0 Å². The summed E-state index contributed by atoms with van der Waals surface area (Å²) < 4.78 is 0.754.